The van der Waals surface area contributed by atoms with Crippen LogP contribution < -0.4 is 0 Å². The van der Waals surface area contributed by atoms with E-state index in [0.29, 0.717) is 12.0 Å². The maximum absolute atomic E-state index is 10.5. The van der Waals surface area contributed by atoms with Crippen molar-refractivity contribution in [2.24, 2.45) is 0 Å². The van der Waals surface area contributed by atoms with Crippen LogP contribution in [0.5, 0.6) is 0 Å². The zero-order valence-electron chi connectivity index (χ0n) is 7.66. The van der Waals surface area contributed by atoms with Gasteiger partial charge < -0.3 is 10.1 Å². The Balaban J connectivity index is 2.48. The number of aliphatic hydroxyl groups excluding tert-OH is 1. The van der Waals surface area contributed by atoms with Gasteiger partial charge in [-0.25, -0.2) is 0 Å². The number of aldehydes is 1. The lowest BCUT2D eigenvalue weighted by Gasteiger charge is -1.90. The SMILES string of the molecule is O=Cc1ccc2[nH]c(CCO)cc2c1. The first-order valence-corrected chi connectivity index (χ1v) is 4.51. The van der Waals surface area contributed by atoms with Crippen molar-refractivity contribution in [1.29, 1.82) is 0 Å². The number of hydrogen-bond donors (Lipinski definition) is 2. The second kappa shape index (κ2) is 3.64. The minimum absolute atomic E-state index is 0.132. The molecule has 0 saturated heterocycles. The Morgan fingerprint density at radius 1 is 1.36 bits per heavy atom. The van der Waals surface area contributed by atoms with Crippen LogP contribution in [0.4, 0.5) is 0 Å². The zero-order valence-corrected chi connectivity index (χ0v) is 7.66. The number of rotatable bonds is 3. The molecule has 0 spiro atoms. The Kier molecular flexibility index (Phi) is 2.33. The van der Waals surface area contributed by atoms with Gasteiger partial charge in [0.2, 0.25) is 0 Å². The summed E-state index contributed by atoms with van der Waals surface area (Å²) in [5, 5.41) is 9.78. The fourth-order valence-electron chi connectivity index (χ4n) is 1.54. The van der Waals surface area contributed by atoms with Crippen LogP contribution in [-0.2, 0) is 6.42 Å². The number of nitrogens with one attached hydrogen (secondary N) is 1. The largest absolute Gasteiger partial charge is 0.396 e. The molecule has 0 atom stereocenters. The molecule has 0 aliphatic rings. The Morgan fingerprint density at radius 2 is 2.21 bits per heavy atom. The van der Waals surface area contributed by atoms with Crippen molar-refractivity contribution in [2.75, 3.05) is 6.61 Å². The van der Waals surface area contributed by atoms with Crippen molar-refractivity contribution in [3.05, 3.63) is 35.5 Å². The lowest BCUT2D eigenvalue weighted by Crippen LogP contribution is -1.88. The van der Waals surface area contributed by atoms with Crippen molar-refractivity contribution >= 4 is 17.2 Å². The van der Waals surface area contributed by atoms with Gasteiger partial charge in [-0.1, -0.05) is 0 Å². The number of carbonyl (C=O) groups excluding carboxylic acids is 1. The Hall–Kier alpha value is -1.61. The van der Waals surface area contributed by atoms with Gasteiger partial charge in [-0.15, -0.1) is 0 Å². The van der Waals surface area contributed by atoms with E-state index >= 15 is 0 Å². The molecule has 14 heavy (non-hydrogen) atoms. The fourth-order valence-corrected chi connectivity index (χ4v) is 1.54. The van der Waals surface area contributed by atoms with E-state index < -0.39 is 0 Å². The molecule has 0 unspecified atom stereocenters. The second-order valence-electron chi connectivity index (χ2n) is 3.23. The predicted octanol–water partition coefficient (Wildman–Crippen LogP) is 1.52. The summed E-state index contributed by atoms with van der Waals surface area (Å²) in [5.41, 5.74) is 2.66. The average molecular weight is 189 g/mol. The molecule has 2 N–H and O–H groups in total. The highest BCUT2D eigenvalue weighted by Gasteiger charge is 2.00. The van der Waals surface area contributed by atoms with Gasteiger partial charge in [-0.2, -0.15) is 0 Å². The third-order valence-electron chi connectivity index (χ3n) is 2.22. The predicted molar refractivity (Wildman–Crippen MR) is 54.5 cm³/mol. The van der Waals surface area contributed by atoms with E-state index in [0.717, 1.165) is 22.9 Å². The first kappa shape index (κ1) is 8.97. The van der Waals surface area contributed by atoms with Crippen molar-refractivity contribution in [2.45, 2.75) is 6.42 Å². The van der Waals surface area contributed by atoms with Crippen molar-refractivity contribution in [1.82, 2.24) is 4.98 Å². The van der Waals surface area contributed by atoms with Crippen LogP contribution >= 0.6 is 0 Å². The maximum atomic E-state index is 10.5. The summed E-state index contributed by atoms with van der Waals surface area (Å²) >= 11 is 0. The molecular weight excluding hydrogens is 178 g/mol. The summed E-state index contributed by atoms with van der Waals surface area (Å²) in [4.78, 5) is 13.7. The minimum Gasteiger partial charge on any atom is -0.396 e. The van der Waals surface area contributed by atoms with E-state index in [1.165, 1.54) is 0 Å². The van der Waals surface area contributed by atoms with Crippen LogP contribution in [0.3, 0.4) is 0 Å². The highest BCUT2D eigenvalue weighted by atomic mass is 16.3. The van der Waals surface area contributed by atoms with E-state index in [2.05, 4.69) is 4.98 Å². The summed E-state index contributed by atoms with van der Waals surface area (Å²) in [7, 11) is 0. The van der Waals surface area contributed by atoms with Gasteiger partial charge in [0.1, 0.15) is 6.29 Å². The zero-order chi connectivity index (χ0) is 9.97. The molecule has 2 rings (SSSR count). The lowest BCUT2D eigenvalue weighted by molar-refractivity contribution is 0.112. The van der Waals surface area contributed by atoms with Crippen LogP contribution in [0.25, 0.3) is 10.9 Å². The molecule has 0 aliphatic carbocycles. The Morgan fingerprint density at radius 3 is 2.93 bits per heavy atom. The highest BCUT2D eigenvalue weighted by molar-refractivity contribution is 5.87. The first-order chi connectivity index (χ1) is 6.83. The fraction of sp³-hybridized carbons (Fsp3) is 0.182. The minimum atomic E-state index is 0.132. The van der Waals surface area contributed by atoms with Crippen molar-refractivity contribution in [3.8, 4) is 0 Å². The van der Waals surface area contributed by atoms with Crippen LogP contribution in [0, 0.1) is 0 Å². The van der Waals surface area contributed by atoms with Gasteiger partial charge >= 0.3 is 0 Å². The summed E-state index contributed by atoms with van der Waals surface area (Å²) < 4.78 is 0. The van der Waals surface area contributed by atoms with E-state index in [1.54, 1.807) is 6.07 Å². The molecule has 0 bridgehead atoms. The van der Waals surface area contributed by atoms with Crippen LogP contribution in [0.1, 0.15) is 16.1 Å². The molecule has 1 aromatic carbocycles. The van der Waals surface area contributed by atoms with Crippen LogP contribution in [-0.4, -0.2) is 23.0 Å². The molecule has 72 valence electrons. The maximum Gasteiger partial charge on any atom is 0.150 e. The molecule has 1 heterocycles. The molecule has 2 aromatic rings. The topological polar surface area (TPSA) is 53.1 Å². The number of fused-ring (bicyclic) bond motifs is 1. The smallest absolute Gasteiger partial charge is 0.150 e. The van der Waals surface area contributed by atoms with E-state index in [1.807, 2.05) is 18.2 Å². The summed E-state index contributed by atoms with van der Waals surface area (Å²) in [5.74, 6) is 0. The van der Waals surface area contributed by atoms with Gasteiger partial charge in [0.05, 0.1) is 0 Å². The molecule has 0 amide bonds. The van der Waals surface area contributed by atoms with Crippen LogP contribution in [0.2, 0.25) is 0 Å². The van der Waals surface area contributed by atoms with Crippen molar-refractivity contribution in [3.63, 3.8) is 0 Å². The van der Waals surface area contributed by atoms with Gasteiger partial charge in [0.25, 0.3) is 0 Å². The van der Waals surface area contributed by atoms with E-state index in [4.69, 9.17) is 5.11 Å². The van der Waals surface area contributed by atoms with Crippen molar-refractivity contribution < 1.29 is 9.90 Å². The molecule has 0 aliphatic heterocycles. The summed E-state index contributed by atoms with van der Waals surface area (Å²) in [6, 6.07) is 7.44. The number of aromatic amines is 1. The van der Waals surface area contributed by atoms with E-state index in [-0.39, 0.29) is 6.61 Å². The molecule has 3 nitrogen and oxygen atoms in total. The number of hydrogen-bond acceptors (Lipinski definition) is 2. The summed E-state index contributed by atoms with van der Waals surface area (Å²) in [6.07, 6.45) is 1.45. The summed E-state index contributed by atoms with van der Waals surface area (Å²) in [6.45, 7) is 0.132. The number of aliphatic hydroxyl groups is 1. The van der Waals surface area contributed by atoms with Gasteiger partial charge in [0.15, 0.2) is 0 Å². The van der Waals surface area contributed by atoms with Gasteiger partial charge in [-0.05, 0) is 24.3 Å². The first-order valence-electron chi connectivity index (χ1n) is 4.51. The molecule has 0 saturated carbocycles. The standard InChI is InChI=1S/C11H11NO2/c13-4-3-10-6-9-5-8(7-14)1-2-11(9)12-10/h1-2,5-7,12-13H,3-4H2. The molecular formula is C11H11NO2. The number of H-pyrrole nitrogens is 1. The molecule has 0 fully saturated rings. The Labute approximate surface area is 81.4 Å². The quantitative estimate of drug-likeness (QED) is 0.719. The number of benzene rings is 1. The lowest BCUT2D eigenvalue weighted by atomic mass is 10.2. The molecule has 0 radical (unpaired) electrons. The number of aromatic nitrogens is 1. The number of carbonyl (C=O) groups is 1. The highest BCUT2D eigenvalue weighted by Crippen LogP contribution is 2.16. The monoisotopic (exact) mass is 189 g/mol. The van der Waals surface area contributed by atoms with Crippen LogP contribution in [0.15, 0.2) is 24.3 Å². The second-order valence-corrected chi connectivity index (χ2v) is 3.23. The van der Waals surface area contributed by atoms with E-state index in [9.17, 15) is 4.79 Å². The third kappa shape index (κ3) is 1.54. The van der Waals surface area contributed by atoms with Gasteiger partial charge in [0, 0.05) is 35.2 Å². The molecule has 3 heteroatoms. The average Bonchev–Trinajstić information content (AvgIpc) is 2.59. The normalized spacial score (nSPS) is 10.6. The third-order valence-corrected chi connectivity index (χ3v) is 2.22. The molecule has 1 aromatic heterocycles. The van der Waals surface area contributed by atoms with Gasteiger partial charge in [-0.3, -0.25) is 4.79 Å². The Bertz CT molecular complexity index is 459.